The van der Waals surface area contributed by atoms with E-state index in [0.29, 0.717) is 12.6 Å². The Labute approximate surface area is 130 Å². The molecule has 0 aromatic heterocycles. The molecule has 9 heteroatoms. The number of hydrogen-bond donors (Lipinski definition) is 2. The molecule has 0 saturated heterocycles. The highest BCUT2D eigenvalue weighted by atomic mass is 16.6. The van der Waals surface area contributed by atoms with Gasteiger partial charge in [-0.2, -0.15) is 0 Å². The maximum atomic E-state index is 10.5. The van der Waals surface area contributed by atoms with Gasteiger partial charge in [0.25, 0.3) is 11.4 Å². The first-order valence-electron chi connectivity index (χ1n) is 6.26. The summed E-state index contributed by atoms with van der Waals surface area (Å²) in [5, 5.41) is 29.2. The third-order valence-electron chi connectivity index (χ3n) is 2.65. The van der Waals surface area contributed by atoms with Gasteiger partial charge in [0.1, 0.15) is 0 Å². The Morgan fingerprint density at radius 3 is 1.78 bits per heavy atom. The minimum Gasteiger partial charge on any atom is -0.478 e. The minimum absolute atomic E-state index is 0.490. The molecule has 23 heavy (non-hydrogen) atoms. The highest BCUT2D eigenvalue weighted by Gasteiger charge is 2.19. The van der Waals surface area contributed by atoms with Crippen LogP contribution in [0.25, 0.3) is 0 Å². The van der Waals surface area contributed by atoms with E-state index in [1.807, 2.05) is 30.3 Å². The summed E-state index contributed by atoms with van der Waals surface area (Å²) >= 11 is 0. The molecule has 0 atom stereocenters. The molecule has 3 N–H and O–H groups in total. The van der Waals surface area contributed by atoms with E-state index in [4.69, 9.17) is 10.8 Å². The highest BCUT2D eigenvalue weighted by molar-refractivity contribution is 5.89. The van der Waals surface area contributed by atoms with Crippen molar-refractivity contribution in [3.63, 3.8) is 0 Å². The standard InChI is InChI=1S/C7H4N2O6.C7H9N/c10-7(11)4-1-5(8(12)13)3-6(2-4)9(14)15;8-6-7-4-2-1-3-5-7/h1-3H,(H,10,11);1-5H,6,8H2. The first kappa shape index (κ1) is 17.7. The second-order valence-electron chi connectivity index (χ2n) is 4.25. The first-order chi connectivity index (χ1) is 10.8. The molecule has 0 aliphatic rings. The van der Waals surface area contributed by atoms with Crippen molar-refractivity contribution in [2.75, 3.05) is 0 Å². The zero-order valence-corrected chi connectivity index (χ0v) is 11.8. The molecule has 0 saturated carbocycles. The number of carbonyl (C=O) groups is 1. The monoisotopic (exact) mass is 319 g/mol. The van der Waals surface area contributed by atoms with Crippen molar-refractivity contribution in [1.29, 1.82) is 0 Å². The number of nitro benzene ring substituents is 2. The van der Waals surface area contributed by atoms with Gasteiger partial charge in [-0.1, -0.05) is 30.3 Å². The lowest BCUT2D eigenvalue weighted by molar-refractivity contribution is -0.394. The predicted octanol–water partition coefficient (Wildman–Crippen LogP) is 2.35. The largest absolute Gasteiger partial charge is 0.478 e. The third-order valence-corrected chi connectivity index (χ3v) is 2.65. The number of hydrogen-bond acceptors (Lipinski definition) is 6. The lowest BCUT2D eigenvalue weighted by Crippen LogP contribution is -2.00. The molecular weight excluding hydrogens is 306 g/mol. The van der Waals surface area contributed by atoms with Gasteiger partial charge in [-0.25, -0.2) is 4.79 Å². The van der Waals surface area contributed by atoms with Gasteiger partial charge in [0.2, 0.25) is 0 Å². The lowest BCUT2D eigenvalue weighted by Gasteiger charge is -1.96. The van der Waals surface area contributed by atoms with Crippen LogP contribution in [0, 0.1) is 20.2 Å². The summed E-state index contributed by atoms with van der Waals surface area (Å²) in [6.45, 7) is 0.640. The molecule has 0 heterocycles. The van der Waals surface area contributed by atoms with E-state index in [0.717, 1.165) is 12.1 Å². The van der Waals surface area contributed by atoms with Crippen molar-refractivity contribution in [2.45, 2.75) is 6.54 Å². The van der Waals surface area contributed by atoms with Gasteiger partial charge in [0.15, 0.2) is 0 Å². The van der Waals surface area contributed by atoms with Crippen molar-refractivity contribution in [1.82, 2.24) is 0 Å². The quantitative estimate of drug-likeness (QED) is 0.648. The highest BCUT2D eigenvalue weighted by Crippen LogP contribution is 2.22. The number of carboxylic acids is 1. The second kappa shape index (κ2) is 8.20. The molecule has 2 rings (SSSR count). The summed E-state index contributed by atoms with van der Waals surface area (Å²) in [7, 11) is 0. The number of carboxylic acid groups (broad SMARTS) is 1. The van der Waals surface area contributed by atoms with E-state index in [2.05, 4.69) is 0 Å². The van der Waals surface area contributed by atoms with Crippen LogP contribution in [0.4, 0.5) is 11.4 Å². The average Bonchev–Trinajstić information content (AvgIpc) is 2.55. The van der Waals surface area contributed by atoms with Crippen molar-refractivity contribution >= 4 is 17.3 Å². The average molecular weight is 319 g/mol. The maximum Gasteiger partial charge on any atom is 0.336 e. The zero-order valence-electron chi connectivity index (χ0n) is 11.8. The molecule has 0 fully saturated rings. The van der Waals surface area contributed by atoms with Crippen LogP contribution in [-0.2, 0) is 6.54 Å². The van der Waals surface area contributed by atoms with Crippen LogP contribution >= 0.6 is 0 Å². The van der Waals surface area contributed by atoms with Crippen molar-refractivity contribution in [3.05, 3.63) is 79.9 Å². The Kier molecular flexibility index (Phi) is 6.31. The minimum atomic E-state index is -1.46. The van der Waals surface area contributed by atoms with Crippen LogP contribution in [0.3, 0.4) is 0 Å². The molecule has 0 bridgehead atoms. The molecular formula is C14H13N3O6. The number of nitro groups is 2. The van der Waals surface area contributed by atoms with Crippen LogP contribution in [0.2, 0.25) is 0 Å². The van der Waals surface area contributed by atoms with Crippen molar-refractivity contribution < 1.29 is 19.7 Å². The van der Waals surface area contributed by atoms with E-state index in [1.165, 1.54) is 5.56 Å². The van der Waals surface area contributed by atoms with Crippen LogP contribution in [0.5, 0.6) is 0 Å². The summed E-state index contributed by atoms with van der Waals surface area (Å²) in [6, 6.07) is 12.2. The van der Waals surface area contributed by atoms with Gasteiger partial charge >= 0.3 is 5.97 Å². The van der Waals surface area contributed by atoms with E-state index in [-0.39, 0.29) is 0 Å². The number of aromatic carboxylic acids is 1. The molecule has 0 aliphatic carbocycles. The fourth-order valence-corrected chi connectivity index (χ4v) is 1.54. The molecule has 0 amide bonds. The molecule has 0 aliphatic heterocycles. The molecule has 2 aromatic carbocycles. The van der Waals surface area contributed by atoms with Gasteiger partial charge in [-0.15, -0.1) is 0 Å². The SMILES string of the molecule is NCc1ccccc1.O=C(O)c1cc([N+](=O)[O-])cc([N+](=O)[O-])c1. The summed E-state index contributed by atoms with van der Waals surface area (Å²) < 4.78 is 0. The molecule has 9 nitrogen and oxygen atoms in total. The van der Waals surface area contributed by atoms with Crippen LogP contribution in [0.1, 0.15) is 15.9 Å². The third kappa shape index (κ3) is 5.52. The normalized spacial score (nSPS) is 9.43. The van der Waals surface area contributed by atoms with E-state index in [1.54, 1.807) is 0 Å². The van der Waals surface area contributed by atoms with Gasteiger partial charge in [-0.05, 0) is 5.56 Å². The van der Waals surface area contributed by atoms with Crippen LogP contribution < -0.4 is 5.73 Å². The van der Waals surface area contributed by atoms with Gasteiger partial charge in [0, 0.05) is 18.7 Å². The first-order valence-corrected chi connectivity index (χ1v) is 6.26. The summed E-state index contributed by atoms with van der Waals surface area (Å²) in [4.78, 5) is 29.4. The Morgan fingerprint density at radius 1 is 1.00 bits per heavy atom. The number of benzene rings is 2. The fraction of sp³-hybridized carbons (Fsp3) is 0.0714. The molecule has 0 unspecified atom stereocenters. The number of non-ortho nitro benzene ring substituents is 2. The molecule has 0 radical (unpaired) electrons. The molecule has 0 spiro atoms. The Balaban J connectivity index is 0.000000277. The number of rotatable bonds is 4. The van der Waals surface area contributed by atoms with Gasteiger partial charge in [0.05, 0.1) is 21.5 Å². The Bertz CT molecular complexity index is 639. The summed E-state index contributed by atoms with van der Waals surface area (Å²) in [6.07, 6.45) is 0. The second-order valence-corrected chi connectivity index (χ2v) is 4.25. The summed E-state index contributed by atoms with van der Waals surface area (Å²) in [5.74, 6) is -1.46. The fourth-order valence-electron chi connectivity index (χ4n) is 1.54. The predicted molar refractivity (Wildman–Crippen MR) is 81.0 cm³/mol. The summed E-state index contributed by atoms with van der Waals surface area (Å²) in [5.41, 5.74) is 4.80. The smallest absolute Gasteiger partial charge is 0.336 e. The number of nitrogens with two attached hydrogens (primary N) is 1. The van der Waals surface area contributed by atoms with E-state index < -0.39 is 32.8 Å². The molecule has 2 aromatic rings. The Morgan fingerprint density at radius 2 is 1.48 bits per heavy atom. The van der Waals surface area contributed by atoms with Crippen molar-refractivity contribution in [2.24, 2.45) is 5.73 Å². The van der Waals surface area contributed by atoms with E-state index >= 15 is 0 Å². The maximum absolute atomic E-state index is 10.5. The van der Waals surface area contributed by atoms with Gasteiger partial charge < -0.3 is 10.8 Å². The van der Waals surface area contributed by atoms with Crippen molar-refractivity contribution in [3.8, 4) is 0 Å². The van der Waals surface area contributed by atoms with Crippen LogP contribution in [-0.4, -0.2) is 20.9 Å². The number of nitrogens with zero attached hydrogens (tertiary/aromatic N) is 2. The van der Waals surface area contributed by atoms with Gasteiger partial charge in [-0.3, -0.25) is 20.2 Å². The van der Waals surface area contributed by atoms with Crippen LogP contribution in [0.15, 0.2) is 48.5 Å². The lowest BCUT2D eigenvalue weighted by atomic mass is 10.2. The topological polar surface area (TPSA) is 150 Å². The van der Waals surface area contributed by atoms with E-state index in [9.17, 15) is 25.0 Å². The Hall–Kier alpha value is -3.33. The zero-order chi connectivity index (χ0) is 17.4. The molecule has 120 valence electrons.